The SMILES string of the molecule is CC(CCC(=O)O)(c1ccc(OCc2ccc(-c3ccccc3)cn2)cc1)c1ccc(OCc2ccc(-c3ccccc3)cn2)cc1. The maximum absolute atomic E-state index is 11.6. The standard InChI is InChI=1S/C41H36N2O4/c1-41(25-24-40(44)45,34-14-20-38(21-15-34)46-28-36-18-12-32(26-42-36)30-8-4-2-5-9-30)35-16-22-39(23-17-35)47-29-37-19-13-33(27-43-37)31-10-6-3-7-11-31/h2-23,26-27H,24-25,28-29H2,1H3,(H,44,45). The van der Waals surface area contributed by atoms with Crippen molar-refractivity contribution >= 4 is 5.97 Å². The smallest absolute Gasteiger partial charge is 0.303 e. The van der Waals surface area contributed by atoms with Crippen LogP contribution < -0.4 is 9.47 Å². The van der Waals surface area contributed by atoms with E-state index < -0.39 is 11.4 Å². The van der Waals surface area contributed by atoms with E-state index in [0.29, 0.717) is 19.6 Å². The minimum atomic E-state index is -0.826. The maximum Gasteiger partial charge on any atom is 0.303 e. The molecule has 0 aliphatic rings. The van der Waals surface area contributed by atoms with Crippen molar-refractivity contribution in [2.24, 2.45) is 0 Å². The Labute approximate surface area is 275 Å². The Morgan fingerprint density at radius 1 is 0.574 bits per heavy atom. The van der Waals surface area contributed by atoms with Crippen molar-refractivity contribution in [1.29, 1.82) is 0 Å². The fraction of sp³-hybridized carbons (Fsp3) is 0.146. The average molecular weight is 621 g/mol. The molecule has 6 aromatic rings. The van der Waals surface area contributed by atoms with Gasteiger partial charge in [-0.05, 0) is 65.1 Å². The molecule has 0 aliphatic heterocycles. The first kappa shape index (κ1) is 31.2. The van der Waals surface area contributed by atoms with E-state index >= 15 is 0 Å². The Balaban J connectivity index is 1.10. The number of carboxylic acids is 1. The Kier molecular flexibility index (Phi) is 9.68. The maximum atomic E-state index is 11.6. The molecule has 6 rings (SSSR count). The molecule has 0 atom stereocenters. The van der Waals surface area contributed by atoms with Gasteiger partial charge in [0, 0.05) is 35.4 Å². The molecule has 0 saturated carbocycles. The number of ether oxygens (including phenoxy) is 2. The summed E-state index contributed by atoms with van der Waals surface area (Å²) < 4.78 is 12.1. The zero-order chi connectivity index (χ0) is 32.5. The van der Waals surface area contributed by atoms with E-state index in [1.165, 1.54) is 0 Å². The molecule has 2 heterocycles. The van der Waals surface area contributed by atoms with Crippen LogP contribution in [0, 0.1) is 0 Å². The Morgan fingerprint density at radius 3 is 1.36 bits per heavy atom. The third-order valence-corrected chi connectivity index (χ3v) is 8.46. The van der Waals surface area contributed by atoms with Gasteiger partial charge in [0.1, 0.15) is 24.7 Å². The highest BCUT2D eigenvalue weighted by atomic mass is 16.5. The second kappa shape index (κ2) is 14.6. The number of hydrogen-bond acceptors (Lipinski definition) is 5. The lowest BCUT2D eigenvalue weighted by Gasteiger charge is -2.31. The molecule has 0 unspecified atom stereocenters. The zero-order valence-electron chi connectivity index (χ0n) is 26.3. The number of pyridine rings is 2. The quantitative estimate of drug-likeness (QED) is 0.139. The van der Waals surface area contributed by atoms with Crippen LogP contribution in [0.4, 0.5) is 0 Å². The van der Waals surface area contributed by atoms with Gasteiger partial charge in [0.25, 0.3) is 0 Å². The van der Waals surface area contributed by atoms with Crippen molar-refractivity contribution in [2.45, 2.75) is 38.4 Å². The highest BCUT2D eigenvalue weighted by Crippen LogP contribution is 2.38. The van der Waals surface area contributed by atoms with Crippen molar-refractivity contribution < 1.29 is 19.4 Å². The molecular weight excluding hydrogens is 584 g/mol. The minimum absolute atomic E-state index is 0.0439. The van der Waals surface area contributed by atoms with Crippen molar-refractivity contribution in [3.63, 3.8) is 0 Å². The Bertz CT molecular complexity index is 1740. The van der Waals surface area contributed by atoms with Gasteiger partial charge < -0.3 is 14.6 Å². The lowest BCUT2D eigenvalue weighted by Crippen LogP contribution is -2.25. The van der Waals surface area contributed by atoms with Gasteiger partial charge in [0.05, 0.1) is 11.4 Å². The lowest BCUT2D eigenvalue weighted by molar-refractivity contribution is -0.137. The fourth-order valence-corrected chi connectivity index (χ4v) is 5.59. The second-order valence-electron chi connectivity index (χ2n) is 11.7. The van der Waals surface area contributed by atoms with Crippen LogP contribution in [0.5, 0.6) is 11.5 Å². The number of hydrogen-bond donors (Lipinski definition) is 1. The Hall–Kier alpha value is -5.75. The molecule has 4 aromatic carbocycles. The van der Waals surface area contributed by atoms with E-state index in [2.05, 4.69) is 53.3 Å². The Morgan fingerprint density at radius 2 is 1.00 bits per heavy atom. The molecule has 0 aliphatic carbocycles. The number of aromatic nitrogens is 2. The summed E-state index contributed by atoms with van der Waals surface area (Å²) in [5.74, 6) is 0.613. The number of nitrogens with zero attached hydrogens (tertiary/aromatic N) is 2. The van der Waals surface area contributed by atoms with Crippen molar-refractivity contribution in [1.82, 2.24) is 9.97 Å². The van der Waals surface area contributed by atoms with Crippen LogP contribution in [0.15, 0.2) is 146 Å². The first-order chi connectivity index (χ1) is 23.0. The van der Waals surface area contributed by atoms with Crippen LogP contribution in [0.1, 0.15) is 42.3 Å². The summed E-state index contributed by atoms with van der Waals surface area (Å²) in [5, 5.41) is 9.53. The summed E-state index contributed by atoms with van der Waals surface area (Å²) in [6.07, 6.45) is 4.21. The summed E-state index contributed by atoms with van der Waals surface area (Å²) in [4.78, 5) is 20.7. The van der Waals surface area contributed by atoms with Gasteiger partial charge in [-0.1, -0.05) is 104 Å². The van der Waals surface area contributed by atoms with Gasteiger partial charge in [-0.2, -0.15) is 0 Å². The highest BCUT2D eigenvalue weighted by molar-refractivity contribution is 5.67. The van der Waals surface area contributed by atoms with Crippen LogP contribution >= 0.6 is 0 Å². The summed E-state index contributed by atoms with van der Waals surface area (Å²) in [6.45, 7) is 2.77. The van der Waals surface area contributed by atoms with Crippen LogP contribution in [0.25, 0.3) is 22.3 Å². The molecule has 6 nitrogen and oxygen atoms in total. The average Bonchev–Trinajstić information content (AvgIpc) is 3.14. The van der Waals surface area contributed by atoms with Crippen LogP contribution in [0.3, 0.4) is 0 Å². The third-order valence-electron chi connectivity index (χ3n) is 8.46. The minimum Gasteiger partial charge on any atom is -0.487 e. The first-order valence-electron chi connectivity index (χ1n) is 15.7. The van der Waals surface area contributed by atoms with Gasteiger partial charge in [0.2, 0.25) is 0 Å². The molecule has 2 aromatic heterocycles. The first-order valence-corrected chi connectivity index (χ1v) is 15.7. The van der Waals surface area contributed by atoms with E-state index in [9.17, 15) is 9.90 Å². The van der Waals surface area contributed by atoms with Crippen molar-refractivity contribution in [2.75, 3.05) is 0 Å². The fourth-order valence-electron chi connectivity index (χ4n) is 5.59. The molecule has 0 fully saturated rings. The topological polar surface area (TPSA) is 81.5 Å². The largest absolute Gasteiger partial charge is 0.487 e. The molecular formula is C41H36N2O4. The van der Waals surface area contributed by atoms with Gasteiger partial charge in [-0.25, -0.2) is 0 Å². The number of rotatable bonds is 13. The van der Waals surface area contributed by atoms with Gasteiger partial charge in [-0.3, -0.25) is 14.8 Å². The van der Waals surface area contributed by atoms with Crippen LogP contribution in [-0.4, -0.2) is 21.0 Å². The zero-order valence-corrected chi connectivity index (χ0v) is 26.3. The van der Waals surface area contributed by atoms with Crippen LogP contribution in [0.2, 0.25) is 0 Å². The lowest BCUT2D eigenvalue weighted by atomic mass is 9.73. The van der Waals surface area contributed by atoms with E-state index in [0.717, 1.165) is 56.3 Å². The molecule has 6 heteroatoms. The molecule has 47 heavy (non-hydrogen) atoms. The summed E-state index contributed by atoms with van der Waals surface area (Å²) >= 11 is 0. The molecule has 0 radical (unpaired) electrons. The predicted octanol–water partition coefficient (Wildman–Crippen LogP) is 9.14. The van der Waals surface area contributed by atoms with Crippen LogP contribution in [-0.2, 0) is 23.4 Å². The summed E-state index contributed by atoms with van der Waals surface area (Å²) in [5.41, 5.74) is 7.52. The van der Waals surface area contributed by atoms with E-state index in [-0.39, 0.29) is 6.42 Å². The highest BCUT2D eigenvalue weighted by Gasteiger charge is 2.30. The van der Waals surface area contributed by atoms with Crippen molar-refractivity contribution in [3.05, 3.63) is 168 Å². The molecule has 234 valence electrons. The summed E-state index contributed by atoms with van der Waals surface area (Å²) in [7, 11) is 0. The number of carboxylic acid groups (broad SMARTS) is 1. The number of benzene rings is 4. The number of aliphatic carboxylic acids is 1. The normalized spacial score (nSPS) is 11.2. The third kappa shape index (κ3) is 7.92. The molecule has 0 amide bonds. The van der Waals surface area contributed by atoms with E-state index in [1.807, 2.05) is 109 Å². The molecule has 0 saturated heterocycles. The second-order valence-corrected chi connectivity index (χ2v) is 11.7. The van der Waals surface area contributed by atoms with Gasteiger partial charge in [0.15, 0.2) is 0 Å². The molecule has 1 N–H and O–H groups in total. The molecule has 0 spiro atoms. The van der Waals surface area contributed by atoms with Gasteiger partial charge in [-0.15, -0.1) is 0 Å². The predicted molar refractivity (Wildman–Crippen MR) is 184 cm³/mol. The van der Waals surface area contributed by atoms with E-state index in [1.54, 1.807) is 0 Å². The molecule has 0 bridgehead atoms. The monoisotopic (exact) mass is 620 g/mol. The van der Waals surface area contributed by atoms with Crippen molar-refractivity contribution in [3.8, 4) is 33.8 Å². The van der Waals surface area contributed by atoms with E-state index in [4.69, 9.17) is 9.47 Å². The van der Waals surface area contributed by atoms with Gasteiger partial charge >= 0.3 is 5.97 Å². The number of carbonyl (C=O) groups is 1. The summed E-state index contributed by atoms with van der Waals surface area (Å²) in [6, 6.07) is 44.1.